The Morgan fingerprint density at radius 3 is 2.82 bits per heavy atom. The quantitative estimate of drug-likeness (QED) is 0.357. The van der Waals surface area contributed by atoms with Crippen LogP contribution in [0.2, 0.25) is 5.02 Å². The van der Waals surface area contributed by atoms with Crippen molar-refractivity contribution in [3.8, 4) is 5.75 Å². The Hall–Kier alpha value is -3.34. The Kier molecular flexibility index (Phi) is 8.31. The van der Waals surface area contributed by atoms with Crippen molar-refractivity contribution < 1.29 is 23.0 Å². The number of fused-ring (bicyclic) bond motifs is 1. The van der Waals surface area contributed by atoms with Gasteiger partial charge in [-0.2, -0.15) is 0 Å². The highest BCUT2D eigenvalue weighted by atomic mass is 35.5. The first-order valence-corrected chi connectivity index (χ1v) is 13.0. The normalized spacial score (nSPS) is 18.5. The molecule has 2 aliphatic heterocycles. The zero-order chi connectivity index (χ0) is 26.5. The van der Waals surface area contributed by atoms with Crippen molar-refractivity contribution in [3.05, 3.63) is 59.4 Å². The Morgan fingerprint density at radius 1 is 1.21 bits per heavy atom. The Balaban J connectivity index is 1.43. The number of benzene rings is 2. The average Bonchev–Trinajstić information content (AvgIpc) is 3.44. The lowest BCUT2D eigenvalue weighted by Crippen LogP contribution is -2.30. The minimum Gasteiger partial charge on any atom is -0.486 e. The van der Waals surface area contributed by atoms with Crippen molar-refractivity contribution in [2.24, 2.45) is 0 Å². The molecule has 3 heterocycles. The number of hydrogen-bond donors (Lipinski definition) is 2. The Morgan fingerprint density at radius 2 is 2.05 bits per heavy atom. The van der Waals surface area contributed by atoms with E-state index >= 15 is 0 Å². The first-order chi connectivity index (χ1) is 18.5. The summed E-state index contributed by atoms with van der Waals surface area (Å²) in [6, 6.07) is 7.51. The summed E-state index contributed by atoms with van der Waals surface area (Å²) in [7, 11) is 0. The molecule has 11 heteroatoms. The third-order valence-electron chi connectivity index (χ3n) is 6.54. The molecule has 1 aromatic heterocycles. The summed E-state index contributed by atoms with van der Waals surface area (Å²) in [4.78, 5) is 23.6. The zero-order valence-corrected chi connectivity index (χ0v) is 21.4. The number of aromatic nitrogens is 2. The molecule has 200 valence electrons. The number of nitrogens with zero attached hydrogens (tertiary/aromatic N) is 3. The number of rotatable bonds is 8. The standard InChI is InChI=1S/C27H28ClF2N5O3/c28-20-12-17(4-5-21(20)29)33-26-19-13-24(34-27(36)22(30)6-10-35-8-2-1-3-9-35)25(14-23(19)31-16-32-26)38-18-7-11-37-15-18/h4-6,12-14,16,18H,1-3,7-11,15H2,(H,34,36)(H,31,32,33). The fourth-order valence-corrected chi connectivity index (χ4v) is 4.68. The molecule has 1 atom stereocenters. The van der Waals surface area contributed by atoms with Crippen molar-refractivity contribution in [2.75, 3.05) is 43.5 Å². The second-order valence-electron chi connectivity index (χ2n) is 9.31. The van der Waals surface area contributed by atoms with E-state index in [2.05, 4.69) is 25.5 Å². The highest BCUT2D eigenvalue weighted by Gasteiger charge is 2.22. The van der Waals surface area contributed by atoms with Gasteiger partial charge in [-0.1, -0.05) is 18.0 Å². The minimum absolute atomic E-state index is 0.0393. The van der Waals surface area contributed by atoms with Gasteiger partial charge in [-0.25, -0.2) is 18.7 Å². The second-order valence-corrected chi connectivity index (χ2v) is 9.72. The van der Waals surface area contributed by atoms with Crippen LogP contribution in [0, 0.1) is 5.82 Å². The number of nitrogens with one attached hydrogen (secondary N) is 2. The van der Waals surface area contributed by atoms with Crippen LogP contribution >= 0.6 is 11.6 Å². The van der Waals surface area contributed by atoms with Crippen molar-refractivity contribution >= 4 is 45.6 Å². The molecule has 2 saturated heterocycles. The van der Waals surface area contributed by atoms with Gasteiger partial charge in [0.05, 0.1) is 29.4 Å². The molecular formula is C27H28ClF2N5O3. The maximum Gasteiger partial charge on any atom is 0.284 e. The van der Waals surface area contributed by atoms with Gasteiger partial charge in [-0.05, 0) is 56.3 Å². The monoisotopic (exact) mass is 543 g/mol. The van der Waals surface area contributed by atoms with Crippen LogP contribution in [0.25, 0.3) is 10.9 Å². The lowest BCUT2D eigenvalue weighted by Gasteiger charge is -2.24. The smallest absolute Gasteiger partial charge is 0.284 e. The molecule has 0 bridgehead atoms. The van der Waals surface area contributed by atoms with E-state index in [-0.39, 0.29) is 16.8 Å². The van der Waals surface area contributed by atoms with E-state index in [1.165, 1.54) is 37.0 Å². The number of amides is 1. The van der Waals surface area contributed by atoms with Gasteiger partial charge in [0, 0.05) is 30.1 Å². The molecule has 38 heavy (non-hydrogen) atoms. The number of piperidine rings is 1. The SMILES string of the molecule is O=C(Nc1cc2c(Nc3ccc(F)c(Cl)c3)ncnc2cc1OC1CCOC1)C(F)=CCN1CCCCC1. The molecule has 1 unspecified atom stereocenters. The minimum atomic E-state index is -0.870. The third-order valence-corrected chi connectivity index (χ3v) is 6.83. The third kappa shape index (κ3) is 6.38. The van der Waals surface area contributed by atoms with Crippen LogP contribution in [0.3, 0.4) is 0 Å². The van der Waals surface area contributed by atoms with E-state index in [4.69, 9.17) is 21.1 Å². The Bertz CT molecular complexity index is 1340. The molecule has 2 fully saturated rings. The van der Waals surface area contributed by atoms with Gasteiger partial charge in [-0.15, -0.1) is 0 Å². The number of ether oxygens (including phenoxy) is 2. The summed E-state index contributed by atoms with van der Waals surface area (Å²) in [5.41, 5.74) is 1.31. The molecule has 3 aromatic rings. The van der Waals surface area contributed by atoms with Crippen molar-refractivity contribution in [3.63, 3.8) is 0 Å². The molecular weight excluding hydrogens is 516 g/mol. The van der Waals surface area contributed by atoms with E-state index in [1.807, 2.05) is 0 Å². The summed E-state index contributed by atoms with van der Waals surface area (Å²) in [5, 5.41) is 6.25. The average molecular weight is 544 g/mol. The second kappa shape index (κ2) is 12.0. The number of halogens is 3. The fraction of sp³-hybridized carbons (Fsp3) is 0.370. The molecule has 0 spiro atoms. The van der Waals surface area contributed by atoms with Crippen LogP contribution in [0.4, 0.5) is 26.0 Å². The first kappa shape index (κ1) is 26.3. The molecule has 2 aliphatic rings. The van der Waals surface area contributed by atoms with Gasteiger partial charge in [0.15, 0.2) is 5.83 Å². The molecule has 0 saturated carbocycles. The van der Waals surface area contributed by atoms with Gasteiger partial charge >= 0.3 is 0 Å². The maximum atomic E-state index is 14.8. The first-order valence-electron chi connectivity index (χ1n) is 12.6. The Labute approximate surface area is 224 Å². The molecule has 2 N–H and O–H groups in total. The number of carbonyl (C=O) groups is 1. The summed E-state index contributed by atoms with van der Waals surface area (Å²) in [5.74, 6) is -1.53. The molecule has 0 radical (unpaired) electrons. The van der Waals surface area contributed by atoms with Gasteiger partial charge in [0.2, 0.25) is 0 Å². The zero-order valence-electron chi connectivity index (χ0n) is 20.7. The van der Waals surface area contributed by atoms with E-state index in [0.717, 1.165) is 25.9 Å². The predicted molar refractivity (Wildman–Crippen MR) is 142 cm³/mol. The number of hydrogen-bond acceptors (Lipinski definition) is 7. The summed E-state index contributed by atoms with van der Waals surface area (Å²) in [6.45, 7) is 3.16. The lowest BCUT2D eigenvalue weighted by atomic mass is 10.1. The number of likely N-dealkylation sites (tertiary alicyclic amines) is 1. The number of carbonyl (C=O) groups excluding carboxylic acids is 1. The van der Waals surface area contributed by atoms with Crippen molar-refractivity contribution in [1.29, 1.82) is 0 Å². The van der Waals surface area contributed by atoms with Crippen LogP contribution < -0.4 is 15.4 Å². The van der Waals surface area contributed by atoms with Crippen LogP contribution in [0.15, 0.2) is 48.6 Å². The lowest BCUT2D eigenvalue weighted by molar-refractivity contribution is -0.114. The predicted octanol–water partition coefficient (Wildman–Crippen LogP) is 5.61. The summed E-state index contributed by atoms with van der Waals surface area (Å²) in [6.07, 6.45) is 6.50. The van der Waals surface area contributed by atoms with Crippen molar-refractivity contribution in [1.82, 2.24) is 14.9 Å². The van der Waals surface area contributed by atoms with E-state index in [1.54, 1.807) is 12.1 Å². The highest BCUT2D eigenvalue weighted by Crippen LogP contribution is 2.35. The van der Waals surface area contributed by atoms with Gasteiger partial charge in [-0.3, -0.25) is 9.69 Å². The highest BCUT2D eigenvalue weighted by molar-refractivity contribution is 6.31. The van der Waals surface area contributed by atoms with Crippen molar-refractivity contribution in [2.45, 2.75) is 31.8 Å². The summed E-state index contributed by atoms with van der Waals surface area (Å²) < 4.78 is 39.9. The van der Waals surface area contributed by atoms with Gasteiger partial charge in [0.25, 0.3) is 5.91 Å². The van der Waals surface area contributed by atoms with Gasteiger partial charge in [0.1, 0.15) is 29.8 Å². The van der Waals surface area contributed by atoms with Crippen LogP contribution in [-0.4, -0.2) is 59.7 Å². The van der Waals surface area contributed by atoms with Crippen LogP contribution in [0.5, 0.6) is 5.75 Å². The van der Waals surface area contributed by atoms with E-state index in [9.17, 15) is 13.6 Å². The largest absolute Gasteiger partial charge is 0.486 e. The molecule has 0 aliphatic carbocycles. The number of anilines is 3. The fourth-order valence-electron chi connectivity index (χ4n) is 4.50. The molecule has 5 rings (SSSR count). The van der Waals surface area contributed by atoms with Crippen LogP contribution in [0.1, 0.15) is 25.7 Å². The maximum absolute atomic E-state index is 14.8. The topological polar surface area (TPSA) is 88.6 Å². The summed E-state index contributed by atoms with van der Waals surface area (Å²) >= 11 is 5.92. The molecule has 1 amide bonds. The molecule has 8 nitrogen and oxygen atoms in total. The van der Waals surface area contributed by atoms with Gasteiger partial charge < -0.3 is 20.1 Å². The van der Waals surface area contributed by atoms with Crippen LogP contribution in [-0.2, 0) is 9.53 Å². The van der Waals surface area contributed by atoms with E-state index < -0.39 is 17.6 Å². The molecule has 2 aromatic carbocycles. The van der Waals surface area contributed by atoms with E-state index in [0.29, 0.717) is 54.3 Å².